The van der Waals surface area contributed by atoms with Crippen LogP contribution in [0.15, 0.2) is 4.41 Å². The van der Waals surface area contributed by atoms with Crippen molar-refractivity contribution in [3.8, 4) is 0 Å². The molecule has 0 saturated heterocycles. The van der Waals surface area contributed by atoms with Crippen LogP contribution in [0, 0.1) is 0 Å². The lowest BCUT2D eigenvalue weighted by Crippen LogP contribution is -2.36. The summed E-state index contributed by atoms with van der Waals surface area (Å²) in [7, 11) is -2.90. The summed E-state index contributed by atoms with van der Waals surface area (Å²) >= 11 is 0. The zero-order valence-electron chi connectivity index (χ0n) is 18.1. The minimum Gasteiger partial charge on any atom is -0.334 e. The minimum atomic E-state index is -1.48. The van der Waals surface area contributed by atoms with Crippen molar-refractivity contribution < 1.29 is 0 Å². The highest BCUT2D eigenvalue weighted by Crippen LogP contribution is 2.52. The van der Waals surface area contributed by atoms with Gasteiger partial charge in [-0.3, -0.25) is 14.7 Å². The maximum atomic E-state index is 5.67. The zero-order chi connectivity index (χ0) is 18.8. The molecule has 0 N–H and O–H groups in total. The maximum Gasteiger partial charge on any atom is 0.170 e. The largest absolute Gasteiger partial charge is 0.334 e. The fourth-order valence-corrected chi connectivity index (χ4v) is 12.8. The zero-order valence-corrected chi connectivity index (χ0v) is 20.0. The second kappa shape index (κ2) is 11.8. The first-order valence-corrected chi connectivity index (χ1v) is 15.7. The molecule has 0 aliphatic rings. The molecule has 6 heteroatoms. The van der Waals surface area contributed by atoms with Gasteiger partial charge in [0.25, 0.3) is 0 Å². The van der Waals surface area contributed by atoms with Crippen LogP contribution in [0.4, 0.5) is 0 Å². The van der Waals surface area contributed by atoms with Gasteiger partial charge < -0.3 is 4.41 Å². The van der Waals surface area contributed by atoms with E-state index in [1.54, 1.807) is 0 Å². The standard InChI is InChI=1S/C18H45N4PSi/c1-10-20(11-2)16-23(19-24(7,8)9,17-21(12-3)13-4)18-22(14-5)15-6/h10-18H2,1-9H3. The van der Waals surface area contributed by atoms with Crippen LogP contribution in [-0.4, -0.2) is 81.1 Å². The first-order chi connectivity index (χ1) is 11.2. The summed E-state index contributed by atoms with van der Waals surface area (Å²) in [5.41, 5.74) is 0. The molecule has 0 saturated carbocycles. The predicted molar refractivity (Wildman–Crippen MR) is 116 cm³/mol. The number of nitrogens with zero attached hydrogens (tertiary/aromatic N) is 4. The Balaban J connectivity index is 5.93. The van der Waals surface area contributed by atoms with Gasteiger partial charge in [0, 0.05) is 25.9 Å². The lowest BCUT2D eigenvalue weighted by atomic mass is 10.6. The molecule has 0 aliphatic carbocycles. The van der Waals surface area contributed by atoms with E-state index in [0.717, 1.165) is 39.3 Å². The van der Waals surface area contributed by atoms with Gasteiger partial charge in [-0.2, -0.15) is 0 Å². The molecule has 0 rings (SSSR count). The molecule has 146 valence electrons. The van der Waals surface area contributed by atoms with Gasteiger partial charge in [0.2, 0.25) is 0 Å². The van der Waals surface area contributed by atoms with Crippen LogP contribution < -0.4 is 0 Å². The number of hydrogen-bond acceptors (Lipinski definition) is 4. The van der Waals surface area contributed by atoms with Crippen molar-refractivity contribution in [3.63, 3.8) is 0 Å². The van der Waals surface area contributed by atoms with Crippen LogP contribution in [0.5, 0.6) is 0 Å². The van der Waals surface area contributed by atoms with E-state index < -0.39 is 15.3 Å². The monoisotopic (exact) mass is 376 g/mol. The predicted octanol–water partition coefficient (Wildman–Crippen LogP) is 4.92. The van der Waals surface area contributed by atoms with E-state index in [-0.39, 0.29) is 0 Å². The van der Waals surface area contributed by atoms with E-state index >= 15 is 0 Å². The van der Waals surface area contributed by atoms with Gasteiger partial charge in [0.15, 0.2) is 8.24 Å². The summed E-state index contributed by atoms with van der Waals surface area (Å²) in [4.78, 5) is 7.85. The quantitative estimate of drug-likeness (QED) is 0.336. The van der Waals surface area contributed by atoms with Gasteiger partial charge in [-0.1, -0.05) is 61.2 Å². The lowest BCUT2D eigenvalue weighted by molar-refractivity contribution is 0.319. The van der Waals surface area contributed by atoms with Crippen LogP contribution in [0.2, 0.25) is 19.6 Å². The van der Waals surface area contributed by atoms with E-state index in [4.69, 9.17) is 4.41 Å². The summed E-state index contributed by atoms with van der Waals surface area (Å²) in [6.45, 7) is 27.8. The van der Waals surface area contributed by atoms with E-state index in [9.17, 15) is 0 Å². The summed E-state index contributed by atoms with van der Waals surface area (Å²) in [5.74, 6) is 0. The van der Waals surface area contributed by atoms with Gasteiger partial charge in [-0.15, -0.1) is 0 Å². The third-order valence-electron chi connectivity index (χ3n) is 4.59. The molecule has 0 aromatic carbocycles. The van der Waals surface area contributed by atoms with Crippen molar-refractivity contribution in [2.24, 2.45) is 4.41 Å². The average Bonchev–Trinajstić information content (AvgIpc) is 2.54. The number of rotatable bonds is 13. The second-order valence-corrected chi connectivity index (χ2v) is 15.9. The molecule has 0 aliphatic heterocycles. The highest BCUT2D eigenvalue weighted by Gasteiger charge is 2.29. The van der Waals surface area contributed by atoms with Crippen molar-refractivity contribution in [2.45, 2.75) is 61.2 Å². The van der Waals surface area contributed by atoms with E-state index in [0.29, 0.717) is 0 Å². The molecule has 0 unspecified atom stereocenters. The Morgan fingerprint density at radius 1 is 0.583 bits per heavy atom. The molecule has 0 fully saturated rings. The van der Waals surface area contributed by atoms with Gasteiger partial charge in [0.05, 0.1) is 0 Å². The Morgan fingerprint density at radius 3 is 1.00 bits per heavy atom. The molecule has 0 atom stereocenters. The molecule has 0 bridgehead atoms. The van der Waals surface area contributed by atoms with Crippen LogP contribution >= 0.6 is 7.05 Å². The molecular weight excluding hydrogens is 331 g/mol. The van der Waals surface area contributed by atoms with Crippen LogP contribution in [0.1, 0.15) is 41.5 Å². The fraction of sp³-hybridized carbons (Fsp3) is 1.00. The van der Waals surface area contributed by atoms with Gasteiger partial charge in [-0.25, -0.2) is 0 Å². The van der Waals surface area contributed by atoms with Gasteiger partial charge in [0.1, 0.15) is 0 Å². The van der Waals surface area contributed by atoms with Gasteiger partial charge >= 0.3 is 0 Å². The van der Waals surface area contributed by atoms with Crippen molar-refractivity contribution >= 4 is 15.3 Å². The average molecular weight is 377 g/mol. The Bertz CT molecular complexity index is 327. The summed E-state index contributed by atoms with van der Waals surface area (Å²) < 4.78 is 5.67. The summed E-state index contributed by atoms with van der Waals surface area (Å²) in [5, 5.41) is 0. The molecule has 0 spiro atoms. The minimum absolute atomic E-state index is 1.13. The molecule has 4 nitrogen and oxygen atoms in total. The van der Waals surface area contributed by atoms with Gasteiger partial charge in [-0.05, 0) is 39.3 Å². The Kier molecular flexibility index (Phi) is 12.0. The van der Waals surface area contributed by atoms with E-state index in [2.05, 4.69) is 75.9 Å². The SMILES string of the molecule is CCN(CC)CP(CN(CC)CC)(CN(CC)CC)=N[Si](C)(C)C. The highest BCUT2D eigenvalue weighted by molar-refractivity contribution is 7.67. The first kappa shape index (κ1) is 24.3. The highest BCUT2D eigenvalue weighted by atomic mass is 31.2. The third-order valence-corrected chi connectivity index (χ3v) is 11.5. The van der Waals surface area contributed by atoms with E-state index in [1.165, 1.54) is 18.9 Å². The summed E-state index contributed by atoms with van der Waals surface area (Å²) in [6.07, 6.45) is 3.58. The smallest absolute Gasteiger partial charge is 0.170 e. The Hall–Kier alpha value is 0.327. The molecule has 0 aromatic rings. The normalized spacial score (nSPS) is 13.3. The molecule has 0 amide bonds. The van der Waals surface area contributed by atoms with Crippen molar-refractivity contribution in [2.75, 3.05) is 58.1 Å². The maximum absolute atomic E-state index is 5.67. The third kappa shape index (κ3) is 9.14. The molecule has 0 radical (unpaired) electrons. The Morgan fingerprint density at radius 2 is 0.833 bits per heavy atom. The van der Waals surface area contributed by atoms with Crippen molar-refractivity contribution in [3.05, 3.63) is 0 Å². The van der Waals surface area contributed by atoms with Crippen LogP contribution in [0.3, 0.4) is 0 Å². The van der Waals surface area contributed by atoms with E-state index in [1.807, 2.05) is 0 Å². The molecule has 0 aromatic heterocycles. The molecule has 24 heavy (non-hydrogen) atoms. The lowest BCUT2D eigenvalue weighted by Gasteiger charge is -2.39. The topological polar surface area (TPSA) is 22.1 Å². The second-order valence-electron chi connectivity index (χ2n) is 7.70. The fourth-order valence-electron chi connectivity index (χ4n) is 3.25. The Labute approximate surface area is 154 Å². The molecule has 0 heterocycles. The molecular formula is C18H45N4PSi. The van der Waals surface area contributed by atoms with Crippen molar-refractivity contribution in [1.29, 1.82) is 0 Å². The van der Waals surface area contributed by atoms with Crippen LogP contribution in [0.25, 0.3) is 0 Å². The van der Waals surface area contributed by atoms with Crippen molar-refractivity contribution in [1.82, 2.24) is 14.7 Å². The summed E-state index contributed by atoms with van der Waals surface area (Å²) in [6, 6.07) is 0. The first-order valence-electron chi connectivity index (χ1n) is 9.96. The number of hydrogen-bond donors (Lipinski definition) is 0. The van der Waals surface area contributed by atoms with Crippen LogP contribution in [-0.2, 0) is 0 Å².